The molecule has 0 unspecified atom stereocenters. The Balaban J connectivity index is 2.49. The van der Waals surface area contributed by atoms with Crippen LogP contribution in [0.3, 0.4) is 0 Å². The summed E-state index contributed by atoms with van der Waals surface area (Å²) in [6.07, 6.45) is 6.72. The van der Waals surface area contributed by atoms with Crippen LogP contribution in [0.2, 0.25) is 0 Å². The van der Waals surface area contributed by atoms with Gasteiger partial charge < -0.3 is 5.32 Å². The van der Waals surface area contributed by atoms with E-state index in [0.29, 0.717) is 0 Å². The van der Waals surface area contributed by atoms with Crippen molar-refractivity contribution in [3.63, 3.8) is 0 Å². The Hall–Kier alpha value is -0.560. The predicted octanol–water partition coefficient (Wildman–Crippen LogP) is 2.12. The molecule has 0 spiro atoms. The van der Waals surface area contributed by atoms with Gasteiger partial charge in [-0.3, -0.25) is 0 Å². The monoisotopic (exact) mass is 151 g/mol. The van der Waals surface area contributed by atoms with Crippen molar-refractivity contribution < 1.29 is 0 Å². The quantitative estimate of drug-likeness (QED) is 0.596. The summed E-state index contributed by atoms with van der Waals surface area (Å²) in [6, 6.07) is 0. The Morgan fingerprint density at radius 3 is 2.55 bits per heavy atom. The first-order valence-electron chi connectivity index (χ1n) is 4.38. The van der Waals surface area contributed by atoms with E-state index in [1.165, 1.54) is 18.4 Å². The molecule has 0 bridgehead atoms. The molecule has 0 radical (unpaired) electrons. The highest BCUT2D eigenvalue weighted by atomic mass is 14.9. The molecule has 1 fully saturated rings. The van der Waals surface area contributed by atoms with Crippen LogP contribution in [0.5, 0.6) is 0 Å². The van der Waals surface area contributed by atoms with Gasteiger partial charge >= 0.3 is 0 Å². The van der Waals surface area contributed by atoms with Crippen molar-refractivity contribution in [2.24, 2.45) is 5.92 Å². The summed E-state index contributed by atoms with van der Waals surface area (Å²) in [6.45, 7) is 8.24. The molecule has 0 saturated carbocycles. The highest BCUT2D eigenvalue weighted by molar-refractivity contribution is 5.19. The molecule has 1 nitrogen and oxygen atoms in total. The normalized spacial score (nSPS) is 21.7. The third-order valence-corrected chi connectivity index (χ3v) is 2.38. The van der Waals surface area contributed by atoms with E-state index >= 15 is 0 Å². The molecule has 0 amide bonds. The lowest BCUT2D eigenvalue weighted by Crippen LogP contribution is -2.28. The molecule has 1 aliphatic heterocycles. The van der Waals surface area contributed by atoms with Gasteiger partial charge in [-0.15, -0.1) is 0 Å². The second kappa shape index (κ2) is 4.35. The highest BCUT2D eigenvalue weighted by Crippen LogP contribution is 2.21. The molecular formula is C10H17N. The summed E-state index contributed by atoms with van der Waals surface area (Å²) in [5, 5.41) is 3.36. The van der Waals surface area contributed by atoms with Gasteiger partial charge in [0, 0.05) is 0 Å². The smallest absolute Gasteiger partial charge is 0.00431 e. The molecule has 1 aliphatic rings. The second-order valence-corrected chi connectivity index (χ2v) is 3.02. The number of nitrogens with one attached hydrogen (secondary N) is 1. The lowest BCUT2D eigenvalue weighted by molar-refractivity contribution is 0.425. The lowest BCUT2D eigenvalue weighted by Gasteiger charge is -2.23. The first kappa shape index (κ1) is 8.54. The van der Waals surface area contributed by atoms with Crippen LogP contribution < -0.4 is 5.32 Å². The van der Waals surface area contributed by atoms with Gasteiger partial charge in [0.25, 0.3) is 0 Å². The molecule has 11 heavy (non-hydrogen) atoms. The SMILES string of the molecule is C=C/C(=C\C)C1CCNCC1. The fraction of sp³-hybridized carbons (Fsp3) is 0.600. The van der Waals surface area contributed by atoms with E-state index in [1.54, 1.807) is 0 Å². The van der Waals surface area contributed by atoms with Gasteiger partial charge in [0.2, 0.25) is 0 Å². The summed E-state index contributed by atoms with van der Waals surface area (Å²) in [5.41, 5.74) is 1.42. The summed E-state index contributed by atoms with van der Waals surface area (Å²) < 4.78 is 0. The molecule has 1 saturated heterocycles. The molecule has 0 aliphatic carbocycles. The lowest BCUT2D eigenvalue weighted by atomic mass is 9.90. The summed E-state index contributed by atoms with van der Waals surface area (Å²) in [5.74, 6) is 0.763. The number of allylic oxidation sites excluding steroid dienone is 3. The third-order valence-electron chi connectivity index (χ3n) is 2.38. The van der Waals surface area contributed by atoms with Crippen molar-refractivity contribution in [2.45, 2.75) is 19.8 Å². The van der Waals surface area contributed by atoms with Crippen LogP contribution in [0, 0.1) is 5.92 Å². The van der Waals surface area contributed by atoms with Crippen molar-refractivity contribution in [1.82, 2.24) is 5.32 Å². The van der Waals surface area contributed by atoms with Crippen LogP contribution in [0.1, 0.15) is 19.8 Å². The van der Waals surface area contributed by atoms with E-state index in [2.05, 4.69) is 24.9 Å². The van der Waals surface area contributed by atoms with Crippen LogP contribution in [0.25, 0.3) is 0 Å². The Morgan fingerprint density at radius 1 is 1.45 bits per heavy atom. The number of hydrogen-bond donors (Lipinski definition) is 1. The number of piperidine rings is 1. The molecule has 0 aromatic carbocycles. The Morgan fingerprint density at radius 2 is 2.09 bits per heavy atom. The zero-order valence-corrected chi connectivity index (χ0v) is 7.27. The van der Waals surface area contributed by atoms with E-state index in [9.17, 15) is 0 Å². The molecule has 1 rings (SSSR count). The topological polar surface area (TPSA) is 12.0 Å². The minimum atomic E-state index is 0.763. The third kappa shape index (κ3) is 2.19. The average Bonchev–Trinajstić information content (AvgIpc) is 2.09. The first-order valence-corrected chi connectivity index (χ1v) is 4.38. The van der Waals surface area contributed by atoms with E-state index in [1.807, 2.05) is 6.08 Å². The Labute approximate surface area is 69.2 Å². The van der Waals surface area contributed by atoms with E-state index in [0.717, 1.165) is 19.0 Å². The summed E-state index contributed by atoms with van der Waals surface area (Å²) in [4.78, 5) is 0. The van der Waals surface area contributed by atoms with E-state index < -0.39 is 0 Å². The number of rotatable bonds is 2. The van der Waals surface area contributed by atoms with E-state index in [-0.39, 0.29) is 0 Å². The molecule has 1 N–H and O–H groups in total. The zero-order chi connectivity index (χ0) is 8.10. The molecule has 1 heteroatoms. The molecule has 0 aromatic rings. The summed E-state index contributed by atoms with van der Waals surface area (Å²) in [7, 11) is 0. The van der Waals surface area contributed by atoms with Gasteiger partial charge in [-0.05, 0) is 44.3 Å². The van der Waals surface area contributed by atoms with Gasteiger partial charge in [-0.25, -0.2) is 0 Å². The maximum atomic E-state index is 3.82. The molecule has 1 heterocycles. The van der Waals surface area contributed by atoms with Crippen molar-refractivity contribution in [1.29, 1.82) is 0 Å². The summed E-state index contributed by atoms with van der Waals surface area (Å²) >= 11 is 0. The van der Waals surface area contributed by atoms with Gasteiger partial charge in [-0.1, -0.05) is 18.7 Å². The minimum Gasteiger partial charge on any atom is -0.317 e. The van der Waals surface area contributed by atoms with Crippen molar-refractivity contribution in [2.75, 3.05) is 13.1 Å². The van der Waals surface area contributed by atoms with Crippen molar-refractivity contribution >= 4 is 0 Å². The van der Waals surface area contributed by atoms with Crippen LogP contribution in [0.15, 0.2) is 24.3 Å². The predicted molar refractivity (Wildman–Crippen MR) is 49.5 cm³/mol. The molecular weight excluding hydrogens is 134 g/mol. The first-order chi connectivity index (χ1) is 5.38. The Bertz CT molecular complexity index is 152. The Kier molecular flexibility index (Phi) is 3.37. The van der Waals surface area contributed by atoms with E-state index in [4.69, 9.17) is 0 Å². The van der Waals surface area contributed by atoms with Crippen LogP contribution >= 0.6 is 0 Å². The fourth-order valence-corrected chi connectivity index (χ4v) is 1.68. The van der Waals surface area contributed by atoms with Gasteiger partial charge in [0.05, 0.1) is 0 Å². The van der Waals surface area contributed by atoms with Gasteiger partial charge in [0.15, 0.2) is 0 Å². The highest BCUT2D eigenvalue weighted by Gasteiger charge is 2.14. The molecule has 0 aromatic heterocycles. The second-order valence-electron chi connectivity index (χ2n) is 3.02. The fourth-order valence-electron chi connectivity index (χ4n) is 1.68. The standard InChI is InChI=1S/C10H17N/c1-3-9(4-2)10-5-7-11-8-6-10/h3-4,10-11H,1,5-8H2,2H3/b9-4+. The molecule has 62 valence electrons. The van der Waals surface area contributed by atoms with Crippen molar-refractivity contribution in [3.05, 3.63) is 24.3 Å². The molecule has 0 atom stereocenters. The number of hydrogen-bond acceptors (Lipinski definition) is 1. The van der Waals surface area contributed by atoms with Crippen LogP contribution in [0.4, 0.5) is 0 Å². The largest absolute Gasteiger partial charge is 0.317 e. The minimum absolute atomic E-state index is 0.763. The zero-order valence-electron chi connectivity index (χ0n) is 7.27. The maximum Gasteiger partial charge on any atom is -0.00431 e. The van der Waals surface area contributed by atoms with Gasteiger partial charge in [-0.2, -0.15) is 0 Å². The average molecular weight is 151 g/mol. The van der Waals surface area contributed by atoms with Crippen LogP contribution in [-0.4, -0.2) is 13.1 Å². The maximum absolute atomic E-state index is 3.82. The van der Waals surface area contributed by atoms with Crippen LogP contribution in [-0.2, 0) is 0 Å². The van der Waals surface area contributed by atoms with Crippen molar-refractivity contribution in [3.8, 4) is 0 Å². The van der Waals surface area contributed by atoms with Gasteiger partial charge in [0.1, 0.15) is 0 Å².